The quantitative estimate of drug-likeness (QED) is 0.532. The topological polar surface area (TPSA) is 79.5 Å². The molecule has 1 aromatic carbocycles. The SMILES string of the molecule is NC(=NCc1ccccc1)NC1CCC(=O)NC1. The molecular formula is C13H18N4O. The van der Waals surface area contributed by atoms with Crippen molar-refractivity contribution in [3.63, 3.8) is 0 Å². The number of guanidine groups is 1. The number of nitrogens with two attached hydrogens (primary N) is 1. The molecule has 0 aromatic heterocycles. The Morgan fingerprint density at radius 2 is 2.22 bits per heavy atom. The van der Waals surface area contributed by atoms with E-state index in [1.807, 2.05) is 30.3 Å². The van der Waals surface area contributed by atoms with Crippen LogP contribution in [0.4, 0.5) is 0 Å². The third-order valence-corrected chi connectivity index (χ3v) is 2.89. The van der Waals surface area contributed by atoms with Gasteiger partial charge in [0.1, 0.15) is 0 Å². The van der Waals surface area contributed by atoms with Gasteiger partial charge >= 0.3 is 0 Å². The van der Waals surface area contributed by atoms with Crippen LogP contribution in [0.3, 0.4) is 0 Å². The maximum atomic E-state index is 11.0. The molecule has 1 atom stereocenters. The van der Waals surface area contributed by atoms with Crippen LogP contribution in [0.25, 0.3) is 0 Å². The first-order valence-corrected chi connectivity index (χ1v) is 6.11. The number of benzene rings is 1. The zero-order valence-electron chi connectivity index (χ0n) is 10.2. The average Bonchev–Trinajstić information content (AvgIpc) is 2.40. The summed E-state index contributed by atoms with van der Waals surface area (Å²) in [6.07, 6.45) is 1.34. The summed E-state index contributed by atoms with van der Waals surface area (Å²) in [5.41, 5.74) is 6.94. The van der Waals surface area contributed by atoms with Gasteiger partial charge in [-0.1, -0.05) is 30.3 Å². The lowest BCUT2D eigenvalue weighted by molar-refractivity contribution is -0.122. The van der Waals surface area contributed by atoms with Crippen LogP contribution in [0.2, 0.25) is 0 Å². The normalized spacial score (nSPS) is 20.3. The highest BCUT2D eigenvalue weighted by Crippen LogP contribution is 2.03. The fraction of sp³-hybridized carbons (Fsp3) is 0.385. The minimum atomic E-state index is 0.104. The van der Waals surface area contributed by atoms with Crippen LogP contribution in [0.1, 0.15) is 18.4 Å². The molecule has 1 saturated heterocycles. The van der Waals surface area contributed by atoms with E-state index in [4.69, 9.17) is 5.73 Å². The van der Waals surface area contributed by atoms with Gasteiger partial charge in [-0.05, 0) is 12.0 Å². The van der Waals surface area contributed by atoms with E-state index >= 15 is 0 Å². The molecule has 5 nitrogen and oxygen atoms in total. The Labute approximate surface area is 106 Å². The Kier molecular flexibility index (Phi) is 4.17. The summed E-state index contributed by atoms with van der Waals surface area (Å²) in [5.74, 6) is 0.535. The second-order valence-electron chi connectivity index (χ2n) is 4.37. The molecule has 0 aliphatic carbocycles. The Morgan fingerprint density at radius 3 is 2.89 bits per heavy atom. The third-order valence-electron chi connectivity index (χ3n) is 2.89. The smallest absolute Gasteiger partial charge is 0.220 e. The molecular weight excluding hydrogens is 228 g/mol. The zero-order valence-corrected chi connectivity index (χ0v) is 10.2. The van der Waals surface area contributed by atoms with Crippen molar-refractivity contribution < 1.29 is 4.79 Å². The van der Waals surface area contributed by atoms with E-state index in [1.165, 1.54) is 0 Å². The maximum Gasteiger partial charge on any atom is 0.220 e. The Hall–Kier alpha value is -2.04. The Morgan fingerprint density at radius 1 is 1.44 bits per heavy atom. The van der Waals surface area contributed by atoms with Gasteiger partial charge in [0.25, 0.3) is 0 Å². The van der Waals surface area contributed by atoms with Crippen LogP contribution in [-0.2, 0) is 11.3 Å². The fourth-order valence-electron chi connectivity index (χ4n) is 1.87. The van der Waals surface area contributed by atoms with Crippen molar-refractivity contribution in [1.82, 2.24) is 10.6 Å². The molecule has 96 valence electrons. The highest BCUT2D eigenvalue weighted by atomic mass is 16.1. The third kappa shape index (κ3) is 3.76. The van der Waals surface area contributed by atoms with Gasteiger partial charge < -0.3 is 16.4 Å². The van der Waals surface area contributed by atoms with Crippen molar-refractivity contribution >= 4 is 11.9 Å². The molecule has 1 unspecified atom stereocenters. The van der Waals surface area contributed by atoms with Crippen LogP contribution in [0.5, 0.6) is 0 Å². The lowest BCUT2D eigenvalue weighted by atomic mass is 10.1. The summed E-state index contributed by atoms with van der Waals surface area (Å²) in [6.45, 7) is 1.18. The summed E-state index contributed by atoms with van der Waals surface area (Å²) in [6, 6.07) is 10.1. The summed E-state index contributed by atoms with van der Waals surface area (Å²) >= 11 is 0. The van der Waals surface area contributed by atoms with Gasteiger partial charge in [0.05, 0.1) is 6.54 Å². The van der Waals surface area contributed by atoms with E-state index in [-0.39, 0.29) is 11.9 Å². The van der Waals surface area contributed by atoms with Crippen LogP contribution in [0, 0.1) is 0 Å². The fourth-order valence-corrected chi connectivity index (χ4v) is 1.87. The molecule has 1 aromatic rings. The lowest BCUT2D eigenvalue weighted by Gasteiger charge is -2.23. The predicted octanol–water partition coefficient (Wildman–Crippen LogP) is 0.369. The second-order valence-corrected chi connectivity index (χ2v) is 4.37. The number of hydrogen-bond acceptors (Lipinski definition) is 2. The number of piperidine rings is 1. The van der Waals surface area contributed by atoms with Crippen molar-refractivity contribution in [3.8, 4) is 0 Å². The van der Waals surface area contributed by atoms with Crippen LogP contribution < -0.4 is 16.4 Å². The van der Waals surface area contributed by atoms with Gasteiger partial charge in [0.2, 0.25) is 5.91 Å². The number of aliphatic imine (C=N–C) groups is 1. The molecule has 0 saturated carbocycles. The number of carbonyl (C=O) groups is 1. The van der Waals surface area contributed by atoms with Crippen molar-refractivity contribution in [1.29, 1.82) is 0 Å². The van der Waals surface area contributed by atoms with E-state index < -0.39 is 0 Å². The Balaban J connectivity index is 1.80. The largest absolute Gasteiger partial charge is 0.370 e. The van der Waals surface area contributed by atoms with Crippen molar-refractivity contribution in [2.45, 2.75) is 25.4 Å². The van der Waals surface area contributed by atoms with Gasteiger partial charge in [-0.15, -0.1) is 0 Å². The van der Waals surface area contributed by atoms with Gasteiger partial charge in [0, 0.05) is 19.0 Å². The summed E-state index contributed by atoms with van der Waals surface area (Å²) < 4.78 is 0. The number of hydrogen-bond donors (Lipinski definition) is 3. The van der Waals surface area contributed by atoms with Gasteiger partial charge in [-0.3, -0.25) is 4.79 Å². The molecule has 18 heavy (non-hydrogen) atoms. The van der Waals surface area contributed by atoms with Crippen LogP contribution in [-0.4, -0.2) is 24.5 Å². The van der Waals surface area contributed by atoms with E-state index in [9.17, 15) is 4.79 Å². The summed E-state index contributed by atoms with van der Waals surface area (Å²) in [5, 5.41) is 5.92. The number of nitrogens with one attached hydrogen (secondary N) is 2. The van der Waals surface area contributed by atoms with E-state index in [0.29, 0.717) is 25.5 Å². The van der Waals surface area contributed by atoms with Crippen molar-refractivity contribution in [3.05, 3.63) is 35.9 Å². The number of amides is 1. The molecule has 0 spiro atoms. The van der Waals surface area contributed by atoms with Gasteiger partial charge in [0.15, 0.2) is 5.96 Å². The first-order chi connectivity index (χ1) is 8.74. The van der Waals surface area contributed by atoms with Crippen LogP contribution in [0.15, 0.2) is 35.3 Å². The van der Waals surface area contributed by atoms with Crippen LogP contribution >= 0.6 is 0 Å². The highest BCUT2D eigenvalue weighted by molar-refractivity contribution is 5.79. The maximum absolute atomic E-state index is 11.0. The summed E-state index contributed by atoms with van der Waals surface area (Å²) in [7, 11) is 0. The molecule has 1 aliphatic heterocycles. The number of nitrogens with zero attached hydrogens (tertiary/aromatic N) is 1. The number of rotatable bonds is 3. The highest BCUT2D eigenvalue weighted by Gasteiger charge is 2.17. The lowest BCUT2D eigenvalue weighted by Crippen LogP contribution is -2.49. The molecule has 1 fully saturated rings. The van der Waals surface area contributed by atoms with Gasteiger partial charge in [-0.25, -0.2) is 4.99 Å². The molecule has 0 radical (unpaired) electrons. The van der Waals surface area contributed by atoms with E-state index in [2.05, 4.69) is 15.6 Å². The standard InChI is InChI=1S/C13H18N4O/c14-13(16-8-10-4-2-1-3-5-10)17-11-6-7-12(18)15-9-11/h1-5,11H,6-9H2,(H,15,18)(H3,14,16,17). The van der Waals surface area contributed by atoms with E-state index in [1.54, 1.807) is 0 Å². The molecule has 2 rings (SSSR count). The Bertz CT molecular complexity index is 420. The first kappa shape index (κ1) is 12.4. The molecule has 1 heterocycles. The minimum absolute atomic E-state index is 0.104. The van der Waals surface area contributed by atoms with Crippen molar-refractivity contribution in [2.75, 3.05) is 6.54 Å². The van der Waals surface area contributed by atoms with Gasteiger partial charge in [-0.2, -0.15) is 0 Å². The van der Waals surface area contributed by atoms with Crippen molar-refractivity contribution in [2.24, 2.45) is 10.7 Å². The molecule has 0 bridgehead atoms. The monoisotopic (exact) mass is 246 g/mol. The van der Waals surface area contributed by atoms with E-state index in [0.717, 1.165) is 12.0 Å². The summed E-state index contributed by atoms with van der Waals surface area (Å²) in [4.78, 5) is 15.3. The molecule has 1 amide bonds. The minimum Gasteiger partial charge on any atom is -0.370 e. The molecule has 1 aliphatic rings. The number of carbonyl (C=O) groups excluding carboxylic acids is 1. The second kappa shape index (κ2) is 6.05. The predicted molar refractivity (Wildman–Crippen MR) is 70.9 cm³/mol. The first-order valence-electron chi connectivity index (χ1n) is 6.11. The molecule has 5 heteroatoms. The molecule has 4 N–H and O–H groups in total. The zero-order chi connectivity index (χ0) is 12.8. The average molecular weight is 246 g/mol.